The summed E-state index contributed by atoms with van der Waals surface area (Å²) in [4.78, 5) is 32.8. The van der Waals surface area contributed by atoms with E-state index in [0.717, 1.165) is 25.9 Å². The van der Waals surface area contributed by atoms with E-state index >= 15 is 0 Å². The molecule has 0 radical (unpaired) electrons. The molecule has 1 fully saturated rings. The topological polar surface area (TPSA) is 55.2 Å². The van der Waals surface area contributed by atoms with Gasteiger partial charge in [0.05, 0.1) is 22.3 Å². The smallest absolute Gasteiger partial charge is 0.266 e. The maximum absolute atomic E-state index is 13.3. The molecule has 4 rings (SSSR count). The van der Waals surface area contributed by atoms with Crippen LogP contribution in [0, 0.1) is 0 Å². The van der Waals surface area contributed by atoms with E-state index in [0.29, 0.717) is 26.8 Å². The Morgan fingerprint density at radius 1 is 1.00 bits per heavy atom. The van der Waals surface area contributed by atoms with Crippen LogP contribution in [0.2, 0.25) is 5.02 Å². The first-order chi connectivity index (χ1) is 14.6. The molecule has 5 nitrogen and oxygen atoms in total. The van der Waals surface area contributed by atoms with Crippen molar-refractivity contribution in [3.8, 4) is 5.69 Å². The molecule has 0 unspecified atom stereocenters. The fourth-order valence-electron chi connectivity index (χ4n) is 3.77. The number of para-hydroxylation sites is 1. The molecular weight excluding hydrogens is 418 g/mol. The van der Waals surface area contributed by atoms with E-state index < -0.39 is 0 Å². The van der Waals surface area contributed by atoms with Crippen molar-refractivity contribution in [3.63, 3.8) is 0 Å². The maximum Gasteiger partial charge on any atom is 0.266 e. The SMILES string of the molecule is O=C(CSc1nc2ccccc2c(=O)n1-c1cccc(Cl)c1)N1CCCCCCC1. The molecule has 1 amide bonds. The van der Waals surface area contributed by atoms with E-state index in [1.54, 1.807) is 28.8 Å². The predicted molar refractivity (Wildman–Crippen MR) is 123 cm³/mol. The third kappa shape index (κ3) is 4.71. The molecule has 0 aliphatic carbocycles. The van der Waals surface area contributed by atoms with Crippen molar-refractivity contribution < 1.29 is 4.79 Å². The molecule has 2 heterocycles. The number of hydrogen-bond donors (Lipinski definition) is 0. The van der Waals surface area contributed by atoms with Gasteiger partial charge in [0.2, 0.25) is 5.91 Å². The Morgan fingerprint density at radius 3 is 2.50 bits per heavy atom. The molecule has 0 N–H and O–H groups in total. The summed E-state index contributed by atoms with van der Waals surface area (Å²) in [7, 11) is 0. The second-order valence-electron chi connectivity index (χ2n) is 7.47. The summed E-state index contributed by atoms with van der Waals surface area (Å²) in [5, 5.41) is 1.58. The highest BCUT2D eigenvalue weighted by Gasteiger charge is 2.18. The van der Waals surface area contributed by atoms with Crippen molar-refractivity contribution >= 4 is 40.2 Å². The van der Waals surface area contributed by atoms with Crippen LogP contribution in [0.15, 0.2) is 58.5 Å². The standard InChI is InChI=1S/C23H24ClN3O2S/c24-17-9-8-10-18(15-17)27-22(29)19-11-4-5-12-20(19)25-23(27)30-16-21(28)26-13-6-2-1-3-7-14-26/h4-5,8-12,15H,1-3,6-7,13-14,16H2. The third-order valence-corrected chi connectivity index (χ3v) is 6.50. The first kappa shape index (κ1) is 20.9. The second kappa shape index (κ2) is 9.67. The molecule has 2 aromatic carbocycles. The summed E-state index contributed by atoms with van der Waals surface area (Å²) in [5.41, 5.74) is 1.11. The summed E-state index contributed by atoms with van der Waals surface area (Å²) in [5.74, 6) is 0.354. The monoisotopic (exact) mass is 441 g/mol. The number of likely N-dealkylation sites (tertiary alicyclic amines) is 1. The van der Waals surface area contributed by atoms with Crippen molar-refractivity contribution in [2.75, 3.05) is 18.8 Å². The predicted octanol–water partition coefficient (Wildman–Crippen LogP) is 4.92. The van der Waals surface area contributed by atoms with Gasteiger partial charge in [0.25, 0.3) is 5.56 Å². The zero-order valence-corrected chi connectivity index (χ0v) is 18.3. The maximum atomic E-state index is 13.3. The number of amides is 1. The molecule has 30 heavy (non-hydrogen) atoms. The Morgan fingerprint density at radius 2 is 1.73 bits per heavy atom. The first-order valence-corrected chi connectivity index (χ1v) is 11.7. The average Bonchev–Trinajstić information content (AvgIpc) is 2.72. The fraction of sp³-hybridized carbons (Fsp3) is 0.348. The van der Waals surface area contributed by atoms with Crippen molar-refractivity contribution in [2.45, 2.75) is 37.3 Å². The van der Waals surface area contributed by atoms with Crippen LogP contribution < -0.4 is 5.56 Å². The van der Waals surface area contributed by atoms with E-state index in [-0.39, 0.29) is 17.2 Å². The van der Waals surface area contributed by atoms with Crippen LogP contribution in [0.5, 0.6) is 0 Å². The van der Waals surface area contributed by atoms with Crippen LogP contribution >= 0.6 is 23.4 Å². The number of thioether (sulfide) groups is 1. The van der Waals surface area contributed by atoms with Crippen LogP contribution in [0.3, 0.4) is 0 Å². The lowest BCUT2D eigenvalue weighted by Gasteiger charge is -2.24. The Kier molecular flexibility index (Phi) is 6.75. The second-order valence-corrected chi connectivity index (χ2v) is 8.85. The van der Waals surface area contributed by atoms with Crippen LogP contribution in [-0.2, 0) is 4.79 Å². The lowest BCUT2D eigenvalue weighted by atomic mass is 10.1. The highest BCUT2D eigenvalue weighted by atomic mass is 35.5. The van der Waals surface area contributed by atoms with Crippen LogP contribution in [0.1, 0.15) is 32.1 Å². The summed E-state index contributed by atoms with van der Waals surface area (Å²) < 4.78 is 1.56. The normalized spacial score (nSPS) is 15.0. The number of fused-ring (bicyclic) bond motifs is 1. The highest BCUT2D eigenvalue weighted by Crippen LogP contribution is 2.23. The van der Waals surface area contributed by atoms with Gasteiger partial charge < -0.3 is 4.90 Å². The summed E-state index contributed by atoms with van der Waals surface area (Å²) in [6, 6.07) is 14.4. The van der Waals surface area contributed by atoms with Crippen molar-refractivity contribution in [1.29, 1.82) is 0 Å². The van der Waals surface area contributed by atoms with Crippen molar-refractivity contribution in [2.24, 2.45) is 0 Å². The fourth-order valence-corrected chi connectivity index (χ4v) is 4.87. The minimum absolute atomic E-state index is 0.0990. The average molecular weight is 442 g/mol. The zero-order valence-electron chi connectivity index (χ0n) is 16.7. The number of carbonyl (C=O) groups is 1. The van der Waals surface area contributed by atoms with Gasteiger partial charge in [-0.1, -0.05) is 60.8 Å². The Hall–Kier alpha value is -2.31. The molecule has 1 aliphatic heterocycles. The highest BCUT2D eigenvalue weighted by molar-refractivity contribution is 7.99. The molecule has 1 saturated heterocycles. The third-order valence-electron chi connectivity index (χ3n) is 5.34. The van der Waals surface area contributed by atoms with E-state index in [1.807, 2.05) is 29.2 Å². The molecule has 3 aromatic rings. The molecule has 0 bridgehead atoms. The summed E-state index contributed by atoms with van der Waals surface area (Å²) in [6.45, 7) is 1.62. The number of benzene rings is 2. The minimum Gasteiger partial charge on any atom is -0.342 e. The molecular formula is C23H24ClN3O2S. The Balaban J connectivity index is 1.66. The van der Waals surface area contributed by atoms with Crippen LogP contribution in [0.4, 0.5) is 0 Å². The minimum atomic E-state index is -0.163. The number of aromatic nitrogens is 2. The van der Waals surface area contributed by atoms with E-state index in [2.05, 4.69) is 0 Å². The first-order valence-electron chi connectivity index (χ1n) is 10.3. The number of hydrogen-bond acceptors (Lipinski definition) is 4. The number of carbonyl (C=O) groups excluding carboxylic acids is 1. The molecule has 1 aromatic heterocycles. The number of rotatable bonds is 4. The molecule has 1 aliphatic rings. The quantitative estimate of drug-likeness (QED) is 0.425. The lowest BCUT2D eigenvalue weighted by molar-refractivity contribution is -0.128. The van der Waals surface area contributed by atoms with Crippen LogP contribution in [-0.4, -0.2) is 39.2 Å². The van der Waals surface area contributed by atoms with Gasteiger partial charge in [-0.3, -0.25) is 14.2 Å². The molecule has 0 atom stereocenters. The Labute approximate surface area is 185 Å². The van der Waals surface area contributed by atoms with Gasteiger partial charge in [-0.15, -0.1) is 0 Å². The summed E-state index contributed by atoms with van der Waals surface area (Å²) >= 11 is 7.48. The van der Waals surface area contributed by atoms with E-state index in [4.69, 9.17) is 16.6 Å². The van der Waals surface area contributed by atoms with E-state index in [1.165, 1.54) is 31.0 Å². The molecule has 7 heteroatoms. The van der Waals surface area contributed by atoms with Gasteiger partial charge in [0, 0.05) is 18.1 Å². The number of nitrogens with zero attached hydrogens (tertiary/aromatic N) is 3. The Bertz CT molecular complexity index is 1110. The van der Waals surface area contributed by atoms with Crippen molar-refractivity contribution in [3.05, 3.63) is 63.9 Å². The lowest BCUT2D eigenvalue weighted by Crippen LogP contribution is -2.35. The molecule has 156 valence electrons. The number of halogens is 1. The van der Waals surface area contributed by atoms with Gasteiger partial charge in [-0.25, -0.2) is 4.98 Å². The van der Waals surface area contributed by atoms with Gasteiger partial charge in [-0.05, 0) is 43.2 Å². The molecule has 0 spiro atoms. The van der Waals surface area contributed by atoms with Crippen LogP contribution in [0.25, 0.3) is 16.6 Å². The summed E-state index contributed by atoms with van der Waals surface area (Å²) in [6.07, 6.45) is 5.72. The zero-order chi connectivity index (χ0) is 20.9. The van der Waals surface area contributed by atoms with Crippen molar-refractivity contribution in [1.82, 2.24) is 14.5 Å². The largest absolute Gasteiger partial charge is 0.342 e. The van der Waals surface area contributed by atoms with Gasteiger partial charge in [-0.2, -0.15) is 0 Å². The van der Waals surface area contributed by atoms with E-state index in [9.17, 15) is 9.59 Å². The molecule has 0 saturated carbocycles. The van der Waals surface area contributed by atoms with Gasteiger partial charge in [0.1, 0.15) is 0 Å². The van der Waals surface area contributed by atoms with Gasteiger partial charge >= 0.3 is 0 Å². The van der Waals surface area contributed by atoms with Gasteiger partial charge in [0.15, 0.2) is 5.16 Å².